The van der Waals surface area contributed by atoms with Crippen molar-refractivity contribution in [2.45, 2.75) is 26.9 Å². The summed E-state index contributed by atoms with van der Waals surface area (Å²) in [5, 5.41) is 5.54. The molecule has 3 rings (SSSR count). The van der Waals surface area contributed by atoms with E-state index < -0.39 is 0 Å². The van der Waals surface area contributed by atoms with Gasteiger partial charge in [0.2, 0.25) is 0 Å². The van der Waals surface area contributed by atoms with Crippen LogP contribution in [0.5, 0.6) is 0 Å². The number of nitrogens with one attached hydrogen (secondary N) is 1. The van der Waals surface area contributed by atoms with Crippen LogP contribution in [-0.4, -0.2) is 19.4 Å². The Morgan fingerprint density at radius 1 is 1.32 bits per heavy atom. The molecule has 98 valence electrons. The van der Waals surface area contributed by atoms with Gasteiger partial charge in [-0.15, -0.1) is 11.3 Å². The van der Waals surface area contributed by atoms with Gasteiger partial charge in [0.05, 0.1) is 17.1 Å². The van der Waals surface area contributed by atoms with Crippen molar-refractivity contribution in [3.8, 4) is 0 Å². The first-order valence-corrected chi connectivity index (χ1v) is 7.01. The average Bonchev–Trinajstić information content (AvgIpc) is 2.92. The van der Waals surface area contributed by atoms with Crippen LogP contribution in [0.3, 0.4) is 0 Å². The van der Waals surface area contributed by atoms with Crippen molar-refractivity contribution in [1.29, 1.82) is 0 Å². The molecule has 19 heavy (non-hydrogen) atoms. The largest absolute Gasteiger partial charge is 0.305 e. The summed E-state index contributed by atoms with van der Waals surface area (Å²) in [6, 6.07) is 1.92. The molecule has 0 saturated carbocycles. The smallest absolute Gasteiger partial charge is 0.194 e. The first-order chi connectivity index (χ1) is 9.25. The number of nitrogens with zero attached hydrogens (tertiary/aromatic N) is 4. The average molecular weight is 273 g/mol. The number of hydrogen-bond acceptors (Lipinski definition) is 5. The van der Waals surface area contributed by atoms with Crippen LogP contribution in [0.1, 0.15) is 22.8 Å². The lowest BCUT2D eigenvalue weighted by atomic mass is 10.3. The van der Waals surface area contributed by atoms with Gasteiger partial charge >= 0.3 is 0 Å². The SMILES string of the molecule is Cc1nc2scc(C)n2c1CNCc1ccncn1. The lowest BCUT2D eigenvalue weighted by molar-refractivity contribution is 0.658. The Labute approximate surface area is 115 Å². The molecule has 0 unspecified atom stereocenters. The summed E-state index contributed by atoms with van der Waals surface area (Å²) >= 11 is 1.68. The molecule has 0 atom stereocenters. The van der Waals surface area contributed by atoms with E-state index >= 15 is 0 Å². The molecule has 0 aliphatic carbocycles. The van der Waals surface area contributed by atoms with Crippen LogP contribution in [0.15, 0.2) is 24.0 Å². The maximum atomic E-state index is 4.58. The van der Waals surface area contributed by atoms with Gasteiger partial charge in [-0.05, 0) is 19.9 Å². The quantitative estimate of drug-likeness (QED) is 0.791. The fourth-order valence-corrected chi connectivity index (χ4v) is 3.04. The highest BCUT2D eigenvalue weighted by Gasteiger charge is 2.11. The van der Waals surface area contributed by atoms with Gasteiger partial charge in [0.15, 0.2) is 4.96 Å². The van der Waals surface area contributed by atoms with Crippen LogP contribution >= 0.6 is 11.3 Å². The maximum absolute atomic E-state index is 4.58. The Morgan fingerprint density at radius 2 is 2.21 bits per heavy atom. The Hall–Kier alpha value is -1.79. The van der Waals surface area contributed by atoms with E-state index in [1.807, 2.05) is 6.07 Å². The van der Waals surface area contributed by atoms with Crippen molar-refractivity contribution in [2.24, 2.45) is 0 Å². The summed E-state index contributed by atoms with van der Waals surface area (Å²) in [5.41, 5.74) is 4.54. The molecule has 3 heterocycles. The summed E-state index contributed by atoms with van der Waals surface area (Å²) in [5.74, 6) is 0. The molecule has 1 N–H and O–H groups in total. The molecule has 3 aromatic heterocycles. The number of aromatic nitrogens is 4. The van der Waals surface area contributed by atoms with Gasteiger partial charge in [-0.1, -0.05) is 0 Å². The summed E-state index contributed by atoms with van der Waals surface area (Å²) < 4.78 is 2.22. The zero-order valence-electron chi connectivity index (χ0n) is 10.9. The molecule has 6 heteroatoms. The summed E-state index contributed by atoms with van der Waals surface area (Å²) in [6.45, 7) is 5.69. The van der Waals surface area contributed by atoms with Crippen LogP contribution in [0.25, 0.3) is 4.96 Å². The predicted molar refractivity (Wildman–Crippen MR) is 75.1 cm³/mol. The zero-order valence-corrected chi connectivity index (χ0v) is 11.7. The lowest BCUT2D eigenvalue weighted by Crippen LogP contribution is -2.15. The molecule has 0 fully saturated rings. The zero-order chi connectivity index (χ0) is 13.2. The molecular weight excluding hydrogens is 258 g/mol. The van der Waals surface area contributed by atoms with E-state index in [1.54, 1.807) is 23.9 Å². The van der Waals surface area contributed by atoms with Crippen molar-refractivity contribution in [3.05, 3.63) is 46.7 Å². The molecule has 0 bridgehead atoms. The normalized spacial score (nSPS) is 11.3. The predicted octanol–water partition coefficient (Wildman–Crippen LogP) is 2.09. The second-order valence-electron chi connectivity index (χ2n) is 4.44. The van der Waals surface area contributed by atoms with Crippen LogP contribution in [0.2, 0.25) is 0 Å². The van der Waals surface area contributed by atoms with Gasteiger partial charge in [0.1, 0.15) is 6.33 Å². The van der Waals surface area contributed by atoms with Gasteiger partial charge in [-0.3, -0.25) is 4.40 Å². The van der Waals surface area contributed by atoms with E-state index in [9.17, 15) is 0 Å². The van der Waals surface area contributed by atoms with E-state index in [0.29, 0.717) is 0 Å². The van der Waals surface area contributed by atoms with E-state index in [1.165, 1.54) is 11.4 Å². The van der Waals surface area contributed by atoms with Crippen molar-refractivity contribution < 1.29 is 0 Å². The van der Waals surface area contributed by atoms with Crippen LogP contribution in [0, 0.1) is 13.8 Å². The third-order valence-electron chi connectivity index (χ3n) is 3.07. The van der Waals surface area contributed by atoms with E-state index in [-0.39, 0.29) is 0 Å². The standard InChI is InChI=1S/C13H15N5S/c1-9-7-19-13-17-10(2)12(18(9)13)6-15-5-11-3-4-14-8-16-11/h3-4,7-8,15H,5-6H2,1-2H3. The highest BCUT2D eigenvalue weighted by atomic mass is 32.1. The van der Waals surface area contributed by atoms with Crippen molar-refractivity contribution in [1.82, 2.24) is 24.7 Å². The van der Waals surface area contributed by atoms with Crippen LogP contribution in [-0.2, 0) is 13.1 Å². The monoisotopic (exact) mass is 273 g/mol. The van der Waals surface area contributed by atoms with Crippen molar-refractivity contribution in [2.75, 3.05) is 0 Å². The highest BCUT2D eigenvalue weighted by Crippen LogP contribution is 2.20. The van der Waals surface area contributed by atoms with Gasteiger partial charge < -0.3 is 5.32 Å². The van der Waals surface area contributed by atoms with E-state index in [4.69, 9.17) is 0 Å². The molecule has 0 aliphatic rings. The molecule has 0 radical (unpaired) electrons. The molecule has 0 amide bonds. The van der Waals surface area contributed by atoms with Gasteiger partial charge in [-0.2, -0.15) is 0 Å². The number of hydrogen-bond donors (Lipinski definition) is 1. The first kappa shape index (κ1) is 12.3. The summed E-state index contributed by atoms with van der Waals surface area (Å²) in [4.78, 5) is 13.7. The Bertz CT molecular complexity index is 686. The second kappa shape index (κ2) is 5.07. The molecule has 0 aromatic carbocycles. The van der Waals surface area contributed by atoms with Crippen molar-refractivity contribution in [3.63, 3.8) is 0 Å². The number of rotatable bonds is 4. The third kappa shape index (κ3) is 2.36. The Balaban J connectivity index is 1.75. The number of imidazole rings is 1. The molecule has 3 aromatic rings. The van der Waals surface area contributed by atoms with Crippen LogP contribution < -0.4 is 5.32 Å². The molecule has 0 saturated heterocycles. The minimum atomic E-state index is 0.735. The minimum Gasteiger partial charge on any atom is -0.305 e. The summed E-state index contributed by atoms with van der Waals surface area (Å²) in [7, 11) is 0. The lowest BCUT2D eigenvalue weighted by Gasteiger charge is -2.05. The molecule has 5 nitrogen and oxygen atoms in total. The maximum Gasteiger partial charge on any atom is 0.194 e. The minimum absolute atomic E-state index is 0.735. The topological polar surface area (TPSA) is 55.1 Å². The second-order valence-corrected chi connectivity index (χ2v) is 5.28. The third-order valence-corrected chi connectivity index (χ3v) is 4.02. The number of aryl methyl sites for hydroxylation is 2. The molecule has 0 aliphatic heterocycles. The van der Waals surface area contributed by atoms with Gasteiger partial charge in [-0.25, -0.2) is 15.0 Å². The first-order valence-electron chi connectivity index (χ1n) is 6.13. The molecule has 0 spiro atoms. The Morgan fingerprint density at radius 3 is 3.00 bits per heavy atom. The van der Waals surface area contributed by atoms with Gasteiger partial charge in [0.25, 0.3) is 0 Å². The van der Waals surface area contributed by atoms with Crippen molar-refractivity contribution >= 4 is 16.3 Å². The Kier molecular flexibility index (Phi) is 3.27. The van der Waals surface area contributed by atoms with Crippen LogP contribution in [0.4, 0.5) is 0 Å². The summed E-state index contributed by atoms with van der Waals surface area (Å²) in [6.07, 6.45) is 3.33. The van der Waals surface area contributed by atoms with Gasteiger partial charge in [0, 0.05) is 30.4 Å². The number of fused-ring (bicyclic) bond motifs is 1. The fourth-order valence-electron chi connectivity index (χ4n) is 2.11. The van der Waals surface area contributed by atoms with E-state index in [2.05, 4.69) is 43.9 Å². The van der Waals surface area contributed by atoms with E-state index in [0.717, 1.165) is 29.4 Å². The number of thiazole rings is 1. The fraction of sp³-hybridized carbons (Fsp3) is 0.308. The highest BCUT2D eigenvalue weighted by molar-refractivity contribution is 7.15. The molecular formula is C13H15N5S.